The Balaban J connectivity index is 3.19. The molecule has 1 aromatic carbocycles. The van der Waals surface area contributed by atoms with Crippen LogP contribution in [0.2, 0.25) is 0 Å². The summed E-state index contributed by atoms with van der Waals surface area (Å²) < 4.78 is 11.1. The van der Waals surface area contributed by atoms with E-state index in [4.69, 9.17) is 14.6 Å². The highest BCUT2D eigenvalue weighted by molar-refractivity contribution is 9.09. The number of carboxylic acid groups (broad SMARTS) is 1. The Morgan fingerprint density at radius 3 is 2.55 bits per heavy atom. The Hall–Kier alpha value is -1.56. The van der Waals surface area contributed by atoms with Crippen molar-refractivity contribution >= 4 is 27.7 Å². The van der Waals surface area contributed by atoms with E-state index in [1.165, 1.54) is 6.92 Å². The van der Waals surface area contributed by atoms with Gasteiger partial charge >= 0.3 is 5.97 Å². The van der Waals surface area contributed by atoms with Crippen molar-refractivity contribution in [3.8, 4) is 11.5 Å². The first kappa shape index (κ1) is 18.5. The average Bonchev–Trinajstić information content (AvgIpc) is 2.47. The molecule has 122 valence electrons. The predicted molar refractivity (Wildman–Crippen MR) is 87.5 cm³/mol. The summed E-state index contributed by atoms with van der Waals surface area (Å²) >= 11 is 3.34. The van der Waals surface area contributed by atoms with E-state index < -0.39 is 12.6 Å². The highest BCUT2D eigenvalue weighted by Crippen LogP contribution is 2.34. The van der Waals surface area contributed by atoms with E-state index in [9.17, 15) is 9.59 Å². The van der Waals surface area contributed by atoms with Crippen LogP contribution in [0.15, 0.2) is 12.1 Å². The van der Waals surface area contributed by atoms with Crippen molar-refractivity contribution in [2.45, 2.75) is 33.1 Å². The third-order valence-corrected chi connectivity index (χ3v) is 3.53. The molecule has 0 saturated heterocycles. The molecule has 0 spiro atoms. The molecule has 0 aromatic heterocycles. The third kappa shape index (κ3) is 5.33. The number of aliphatic carboxylic acids is 1. The quantitative estimate of drug-likeness (QED) is 0.386. The Kier molecular flexibility index (Phi) is 7.95. The average molecular weight is 373 g/mol. The van der Waals surface area contributed by atoms with Gasteiger partial charge < -0.3 is 14.6 Å². The fourth-order valence-corrected chi connectivity index (χ4v) is 2.27. The molecule has 0 fully saturated rings. The molecule has 0 radical (unpaired) electrons. The van der Waals surface area contributed by atoms with E-state index in [-0.39, 0.29) is 5.78 Å². The number of alkyl halides is 1. The Morgan fingerprint density at radius 2 is 2.00 bits per heavy atom. The lowest BCUT2D eigenvalue weighted by atomic mass is 10.0. The maximum Gasteiger partial charge on any atom is 0.341 e. The zero-order chi connectivity index (χ0) is 16.5. The lowest BCUT2D eigenvalue weighted by molar-refractivity contribution is -0.139. The molecule has 0 bridgehead atoms. The zero-order valence-corrected chi connectivity index (χ0v) is 14.4. The van der Waals surface area contributed by atoms with Gasteiger partial charge in [-0.05, 0) is 31.9 Å². The molecule has 0 aliphatic heterocycles. The summed E-state index contributed by atoms with van der Waals surface area (Å²) in [6, 6.07) is 3.27. The summed E-state index contributed by atoms with van der Waals surface area (Å²) in [6.45, 7) is 3.55. The number of halogens is 1. The largest absolute Gasteiger partial charge is 0.492 e. The van der Waals surface area contributed by atoms with Gasteiger partial charge in [0.2, 0.25) is 0 Å². The van der Waals surface area contributed by atoms with E-state index in [2.05, 4.69) is 15.9 Å². The molecule has 6 heteroatoms. The SMILES string of the molecule is CCCc1c(OCC(=O)O)ccc(C(C)=O)c1OCCCBr. The van der Waals surface area contributed by atoms with Crippen molar-refractivity contribution < 1.29 is 24.2 Å². The number of hydrogen-bond acceptors (Lipinski definition) is 4. The lowest BCUT2D eigenvalue weighted by Gasteiger charge is -2.18. The number of benzene rings is 1. The molecule has 1 rings (SSSR count). The van der Waals surface area contributed by atoms with E-state index in [0.717, 1.165) is 23.7 Å². The van der Waals surface area contributed by atoms with Crippen molar-refractivity contribution in [2.75, 3.05) is 18.5 Å². The molecule has 1 aromatic rings. The minimum atomic E-state index is -1.04. The molecule has 0 unspecified atom stereocenters. The molecular formula is C16H21BrO5. The monoisotopic (exact) mass is 372 g/mol. The molecule has 0 aliphatic rings. The van der Waals surface area contributed by atoms with Crippen LogP contribution in [-0.2, 0) is 11.2 Å². The first-order valence-corrected chi connectivity index (χ1v) is 8.33. The lowest BCUT2D eigenvalue weighted by Crippen LogP contribution is -2.13. The molecule has 0 amide bonds. The first-order chi connectivity index (χ1) is 10.5. The number of carbonyl (C=O) groups excluding carboxylic acids is 1. The number of carbonyl (C=O) groups is 2. The minimum Gasteiger partial charge on any atom is -0.492 e. The highest BCUT2D eigenvalue weighted by atomic mass is 79.9. The molecule has 5 nitrogen and oxygen atoms in total. The maximum atomic E-state index is 11.8. The van der Waals surface area contributed by atoms with Crippen LogP contribution in [0.5, 0.6) is 11.5 Å². The van der Waals surface area contributed by atoms with Crippen LogP contribution >= 0.6 is 15.9 Å². The van der Waals surface area contributed by atoms with Crippen LogP contribution in [0.1, 0.15) is 42.6 Å². The minimum absolute atomic E-state index is 0.0871. The van der Waals surface area contributed by atoms with Crippen molar-refractivity contribution in [1.29, 1.82) is 0 Å². The van der Waals surface area contributed by atoms with Gasteiger partial charge in [0, 0.05) is 10.9 Å². The summed E-state index contributed by atoms with van der Waals surface area (Å²) in [5, 5.41) is 9.57. The second-order valence-corrected chi connectivity index (χ2v) is 5.59. The van der Waals surface area contributed by atoms with Crippen molar-refractivity contribution in [3.05, 3.63) is 23.3 Å². The van der Waals surface area contributed by atoms with Gasteiger partial charge in [-0.15, -0.1) is 0 Å². The summed E-state index contributed by atoms with van der Waals surface area (Å²) in [6.07, 6.45) is 2.29. The first-order valence-electron chi connectivity index (χ1n) is 7.21. The second-order valence-electron chi connectivity index (χ2n) is 4.80. The van der Waals surface area contributed by atoms with Gasteiger partial charge in [-0.1, -0.05) is 29.3 Å². The van der Waals surface area contributed by atoms with Gasteiger partial charge in [-0.25, -0.2) is 4.79 Å². The van der Waals surface area contributed by atoms with E-state index in [1.807, 2.05) is 6.92 Å². The van der Waals surface area contributed by atoms with Crippen LogP contribution in [0.25, 0.3) is 0 Å². The number of ether oxygens (including phenoxy) is 2. The number of carboxylic acids is 1. The van der Waals surface area contributed by atoms with Crippen LogP contribution in [-0.4, -0.2) is 35.4 Å². The van der Waals surface area contributed by atoms with Gasteiger partial charge in [-0.2, -0.15) is 0 Å². The van der Waals surface area contributed by atoms with Crippen molar-refractivity contribution in [1.82, 2.24) is 0 Å². The molecule has 0 heterocycles. The molecule has 1 N–H and O–H groups in total. The number of Topliss-reactive ketones (excluding diaryl/α,β-unsaturated/α-hetero) is 1. The van der Waals surface area contributed by atoms with E-state index in [1.54, 1.807) is 12.1 Å². The Bertz CT molecular complexity index is 528. The number of hydrogen-bond donors (Lipinski definition) is 1. The summed E-state index contributed by atoms with van der Waals surface area (Å²) in [5.41, 5.74) is 1.26. The molecular weight excluding hydrogens is 352 g/mol. The van der Waals surface area contributed by atoms with Crippen LogP contribution in [0.3, 0.4) is 0 Å². The van der Waals surface area contributed by atoms with Gasteiger partial charge in [0.05, 0.1) is 12.2 Å². The molecule has 0 aliphatic carbocycles. The fourth-order valence-electron chi connectivity index (χ4n) is 2.04. The summed E-state index contributed by atoms with van der Waals surface area (Å²) in [7, 11) is 0. The summed E-state index contributed by atoms with van der Waals surface area (Å²) in [5.74, 6) is -0.155. The highest BCUT2D eigenvalue weighted by Gasteiger charge is 2.18. The molecule has 22 heavy (non-hydrogen) atoms. The summed E-state index contributed by atoms with van der Waals surface area (Å²) in [4.78, 5) is 22.5. The third-order valence-electron chi connectivity index (χ3n) is 2.97. The predicted octanol–water partition coefficient (Wildman–Crippen LogP) is 3.47. The number of ketones is 1. The van der Waals surface area contributed by atoms with Gasteiger partial charge in [0.1, 0.15) is 11.5 Å². The van der Waals surface area contributed by atoms with Gasteiger partial charge in [-0.3, -0.25) is 4.79 Å². The maximum absolute atomic E-state index is 11.8. The fraction of sp³-hybridized carbons (Fsp3) is 0.500. The standard InChI is InChI=1S/C16H21BrO5/c1-3-5-13-14(22-10-15(19)20)7-6-12(11(2)18)16(13)21-9-4-8-17/h6-7H,3-5,8-10H2,1-2H3,(H,19,20). The Labute approximate surface area is 138 Å². The van der Waals surface area contributed by atoms with Crippen LogP contribution in [0.4, 0.5) is 0 Å². The zero-order valence-electron chi connectivity index (χ0n) is 12.9. The van der Waals surface area contributed by atoms with Crippen molar-refractivity contribution in [3.63, 3.8) is 0 Å². The smallest absolute Gasteiger partial charge is 0.341 e. The van der Waals surface area contributed by atoms with Gasteiger partial charge in [0.25, 0.3) is 0 Å². The second kappa shape index (κ2) is 9.46. The topological polar surface area (TPSA) is 72.8 Å². The van der Waals surface area contributed by atoms with Crippen molar-refractivity contribution in [2.24, 2.45) is 0 Å². The molecule has 0 saturated carbocycles. The normalized spacial score (nSPS) is 10.3. The van der Waals surface area contributed by atoms with E-state index in [0.29, 0.717) is 30.1 Å². The van der Waals surface area contributed by atoms with Gasteiger partial charge in [0.15, 0.2) is 12.4 Å². The van der Waals surface area contributed by atoms with Crippen LogP contribution in [0, 0.1) is 0 Å². The number of rotatable bonds is 10. The van der Waals surface area contributed by atoms with Crippen LogP contribution < -0.4 is 9.47 Å². The molecule has 0 atom stereocenters. The Morgan fingerprint density at radius 1 is 1.27 bits per heavy atom. The van der Waals surface area contributed by atoms with E-state index >= 15 is 0 Å².